The van der Waals surface area contributed by atoms with Crippen molar-refractivity contribution in [3.05, 3.63) is 59.2 Å². The fourth-order valence-corrected chi connectivity index (χ4v) is 3.33. The minimum atomic E-state index is -0.147. The molecule has 0 fully saturated rings. The molecule has 0 saturated carbocycles. The molecule has 1 aromatic heterocycles. The lowest BCUT2D eigenvalue weighted by atomic mass is 10.1. The quantitative estimate of drug-likeness (QED) is 0.536. The fourth-order valence-electron chi connectivity index (χ4n) is 3.14. The fraction of sp³-hybridized carbons (Fsp3) is 0.190. The lowest BCUT2D eigenvalue weighted by Crippen LogP contribution is -2.25. The third-order valence-electron chi connectivity index (χ3n) is 4.47. The molecular formula is C21H20ClN5O2. The van der Waals surface area contributed by atoms with Crippen LogP contribution in [0.15, 0.2) is 48.5 Å². The van der Waals surface area contributed by atoms with Crippen LogP contribution in [0.3, 0.4) is 0 Å². The minimum absolute atomic E-state index is 0.0546. The van der Waals surface area contributed by atoms with Crippen LogP contribution in [0, 0.1) is 0 Å². The van der Waals surface area contributed by atoms with E-state index in [1.165, 1.54) is 0 Å². The molecule has 0 saturated heterocycles. The standard InChI is InChI=1S/C21H20ClN5O2/c22-14-4-1-3-13(9-14)17-11-16(25-21(23)27-17)5-2-8-24-15-6-7-19-18(10-15)26-20(28)12-29-19/h1,3-4,6-7,9-11,24H,2,5,8,12H2,(H,26,28)(H2,23,25,27). The summed E-state index contributed by atoms with van der Waals surface area (Å²) < 4.78 is 5.37. The number of fused-ring (bicyclic) bond motifs is 1. The number of carbonyl (C=O) groups is 1. The SMILES string of the molecule is Nc1nc(CCCNc2ccc3c(c2)NC(=O)CO3)cc(-c2cccc(Cl)c2)n1. The van der Waals surface area contributed by atoms with Crippen LogP contribution >= 0.6 is 11.6 Å². The number of ether oxygens (including phenoxy) is 1. The number of hydrogen-bond acceptors (Lipinski definition) is 6. The normalized spacial score (nSPS) is 12.7. The second kappa shape index (κ2) is 8.36. The molecule has 29 heavy (non-hydrogen) atoms. The molecule has 0 spiro atoms. The second-order valence-electron chi connectivity index (χ2n) is 6.69. The van der Waals surface area contributed by atoms with Crippen molar-refractivity contribution >= 4 is 34.8 Å². The number of amides is 1. The van der Waals surface area contributed by atoms with Crippen LogP contribution in [-0.2, 0) is 11.2 Å². The number of nitrogen functional groups attached to an aromatic ring is 1. The molecule has 0 unspecified atom stereocenters. The predicted molar refractivity (Wildman–Crippen MR) is 114 cm³/mol. The Labute approximate surface area is 173 Å². The van der Waals surface area contributed by atoms with Crippen molar-refractivity contribution in [3.63, 3.8) is 0 Å². The Hall–Kier alpha value is -3.32. The summed E-state index contributed by atoms with van der Waals surface area (Å²) in [4.78, 5) is 20.1. The maximum absolute atomic E-state index is 11.4. The molecule has 0 atom stereocenters. The van der Waals surface area contributed by atoms with E-state index < -0.39 is 0 Å². The van der Waals surface area contributed by atoms with Gasteiger partial charge in [0.25, 0.3) is 5.91 Å². The highest BCUT2D eigenvalue weighted by Gasteiger charge is 2.15. The number of nitrogens with one attached hydrogen (secondary N) is 2. The summed E-state index contributed by atoms with van der Waals surface area (Å²) in [6, 6.07) is 15.1. The van der Waals surface area contributed by atoms with E-state index in [4.69, 9.17) is 22.1 Å². The van der Waals surface area contributed by atoms with Gasteiger partial charge in [-0.05, 0) is 49.2 Å². The first kappa shape index (κ1) is 19.0. The van der Waals surface area contributed by atoms with Crippen molar-refractivity contribution in [1.29, 1.82) is 0 Å². The number of nitrogens with zero attached hydrogens (tertiary/aromatic N) is 2. The monoisotopic (exact) mass is 409 g/mol. The zero-order chi connectivity index (χ0) is 20.2. The largest absolute Gasteiger partial charge is 0.482 e. The zero-order valence-electron chi connectivity index (χ0n) is 15.6. The van der Waals surface area contributed by atoms with Gasteiger partial charge in [0.15, 0.2) is 6.61 Å². The molecule has 3 aromatic rings. The highest BCUT2D eigenvalue weighted by molar-refractivity contribution is 6.30. The molecule has 0 bridgehead atoms. The molecule has 4 N–H and O–H groups in total. The number of carbonyl (C=O) groups excluding carboxylic acids is 1. The molecule has 1 aliphatic heterocycles. The lowest BCUT2D eigenvalue weighted by Gasteiger charge is -2.18. The molecule has 0 aliphatic carbocycles. The van der Waals surface area contributed by atoms with Gasteiger partial charge in [0, 0.05) is 28.5 Å². The Kier molecular flexibility index (Phi) is 5.48. The molecule has 1 amide bonds. The Morgan fingerprint density at radius 2 is 2.07 bits per heavy atom. The van der Waals surface area contributed by atoms with E-state index in [0.29, 0.717) is 16.5 Å². The summed E-state index contributed by atoms with van der Waals surface area (Å²) in [5.41, 5.74) is 10.0. The van der Waals surface area contributed by atoms with Gasteiger partial charge < -0.3 is 21.1 Å². The van der Waals surface area contributed by atoms with Gasteiger partial charge in [-0.1, -0.05) is 23.7 Å². The highest BCUT2D eigenvalue weighted by Crippen LogP contribution is 2.30. The second-order valence-corrected chi connectivity index (χ2v) is 7.13. The number of aromatic nitrogens is 2. The first-order chi connectivity index (χ1) is 14.1. The van der Waals surface area contributed by atoms with Crippen LogP contribution in [-0.4, -0.2) is 29.0 Å². The van der Waals surface area contributed by atoms with Gasteiger partial charge >= 0.3 is 0 Å². The number of aryl methyl sites for hydroxylation is 1. The molecule has 1 aliphatic rings. The molecule has 7 nitrogen and oxygen atoms in total. The number of hydrogen-bond donors (Lipinski definition) is 3. The summed E-state index contributed by atoms with van der Waals surface area (Å²) in [5, 5.41) is 6.80. The average Bonchev–Trinajstić information content (AvgIpc) is 2.70. The summed E-state index contributed by atoms with van der Waals surface area (Å²) in [6.45, 7) is 0.795. The molecule has 0 radical (unpaired) electrons. The van der Waals surface area contributed by atoms with Gasteiger partial charge in [-0.15, -0.1) is 0 Å². The van der Waals surface area contributed by atoms with Crippen molar-refractivity contribution < 1.29 is 9.53 Å². The Morgan fingerprint density at radius 3 is 2.93 bits per heavy atom. The molecule has 2 heterocycles. The first-order valence-corrected chi connectivity index (χ1v) is 9.64. The minimum Gasteiger partial charge on any atom is -0.482 e. The Morgan fingerprint density at radius 1 is 1.17 bits per heavy atom. The topological polar surface area (TPSA) is 102 Å². The molecule has 2 aromatic carbocycles. The first-order valence-electron chi connectivity index (χ1n) is 9.27. The van der Waals surface area contributed by atoms with E-state index in [2.05, 4.69) is 20.6 Å². The molecule has 8 heteroatoms. The highest BCUT2D eigenvalue weighted by atomic mass is 35.5. The predicted octanol–water partition coefficient (Wildman–Crippen LogP) is 3.75. The summed E-state index contributed by atoms with van der Waals surface area (Å²) in [5.74, 6) is 0.780. The van der Waals surface area contributed by atoms with Crippen LogP contribution in [0.5, 0.6) is 5.75 Å². The van der Waals surface area contributed by atoms with Gasteiger partial charge in [-0.3, -0.25) is 4.79 Å². The van der Waals surface area contributed by atoms with Crippen LogP contribution in [0.2, 0.25) is 5.02 Å². The van der Waals surface area contributed by atoms with E-state index in [0.717, 1.165) is 42.0 Å². The van der Waals surface area contributed by atoms with Crippen LogP contribution in [0.1, 0.15) is 12.1 Å². The van der Waals surface area contributed by atoms with Gasteiger partial charge in [0.1, 0.15) is 5.75 Å². The van der Waals surface area contributed by atoms with Crippen molar-refractivity contribution in [2.75, 3.05) is 29.5 Å². The third kappa shape index (κ3) is 4.75. The van der Waals surface area contributed by atoms with Gasteiger partial charge in [-0.2, -0.15) is 0 Å². The van der Waals surface area contributed by atoms with Gasteiger partial charge in [0.2, 0.25) is 5.95 Å². The van der Waals surface area contributed by atoms with Crippen molar-refractivity contribution in [1.82, 2.24) is 9.97 Å². The van der Waals surface area contributed by atoms with Gasteiger partial charge in [0.05, 0.1) is 11.4 Å². The summed E-state index contributed by atoms with van der Waals surface area (Å²) in [7, 11) is 0. The lowest BCUT2D eigenvalue weighted by molar-refractivity contribution is -0.118. The van der Waals surface area contributed by atoms with Crippen molar-refractivity contribution in [2.45, 2.75) is 12.8 Å². The number of halogens is 1. The smallest absolute Gasteiger partial charge is 0.262 e. The molecule has 148 valence electrons. The number of rotatable bonds is 6. The summed E-state index contributed by atoms with van der Waals surface area (Å²) in [6.07, 6.45) is 1.60. The molecular weight excluding hydrogens is 390 g/mol. The van der Waals surface area contributed by atoms with E-state index in [1.54, 1.807) is 0 Å². The van der Waals surface area contributed by atoms with E-state index >= 15 is 0 Å². The summed E-state index contributed by atoms with van der Waals surface area (Å²) >= 11 is 6.07. The van der Waals surface area contributed by atoms with Crippen molar-refractivity contribution in [2.24, 2.45) is 0 Å². The molecule has 4 rings (SSSR count). The average molecular weight is 410 g/mol. The van der Waals surface area contributed by atoms with Crippen LogP contribution < -0.4 is 21.1 Å². The van der Waals surface area contributed by atoms with Crippen LogP contribution in [0.25, 0.3) is 11.3 Å². The van der Waals surface area contributed by atoms with E-state index in [1.807, 2.05) is 48.5 Å². The van der Waals surface area contributed by atoms with Crippen LogP contribution in [0.4, 0.5) is 17.3 Å². The number of anilines is 3. The Balaban J connectivity index is 1.36. The van der Waals surface area contributed by atoms with E-state index in [-0.39, 0.29) is 18.5 Å². The maximum atomic E-state index is 11.4. The number of benzene rings is 2. The zero-order valence-corrected chi connectivity index (χ0v) is 16.4. The maximum Gasteiger partial charge on any atom is 0.262 e. The Bertz CT molecular complexity index is 1060. The third-order valence-corrected chi connectivity index (χ3v) is 4.70. The van der Waals surface area contributed by atoms with Crippen molar-refractivity contribution in [3.8, 4) is 17.0 Å². The van der Waals surface area contributed by atoms with E-state index in [9.17, 15) is 4.79 Å². The van der Waals surface area contributed by atoms with Gasteiger partial charge in [-0.25, -0.2) is 9.97 Å². The number of nitrogens with two attached hydrogens (primary N) is 1.